The fraction of sp³-hybridized carbons (Fsp3) is 0.778. The molecule has 0 saturated carbocycles. The zero-order chi connectivity index (χ0) is 9.94. The Morgan fingerprint density at radius 3 is 2.46 bits per heavy atom. The number of unbranched alkanes of at least 4 members (excludes halogenated alkanes) is 5. The molecule has 4 N–H and O–H groups in total. The van der Waals surface area contributed by atoms with Gasteiger partial charge < -0.3 is 11.1 Å². The van der Waals surface area contributed by atoms with E-state index >= 15 is 0 Å². The minimum Gasteiger partial charge on any atom is -0.370 e. The van der Waals surface area contributed by atoms with Gasteiger partial charge in [-0.15, -0.1) is 0 Å². The van der Waals surface area contributed by atoms with E-state index in [9.17, 15) is 4.79 Å². The van der Waals surface area contributed by atoms with Crippen molar-refractivity contribution >= 4 is 12.2 Å². The van der Waals surface area contributed by atoms with Gasteiger partial charge in [0.15, 0.2) is 12.2 Å². The first-order chi connectivity index (χ1) is 6.27. The second kappa shape index (κ2) is 9.03. The molecule has 0 saturated heterocycles. The Morgan fingerprint density at radius 1 is 1.23 bits per heavy atom. The molecule has 0 unspecified atom stereocenters. The molecule has 4 heteroatoms. The van der Waals surface area contributed by atoms with Crippen LogP contribution < -0.4 is 11.1 Å². The van der Waals surface area contributed by atoms with E-state index in [-0.39, 0.29) is 5.96 Å². The summed E-state index contributed by atoms with van der Waals surface area (Å²) in [6.07, 6.45) is 7.78. The van der Waals surface area contributed by atoms with Gasteiger partial charge in [-0.05, 0) is 12.8 Å². The summed E-state index contributed by atoms with van der Waals surface area (Å²) in [5.41, 5.74) is 5.10. The van der Waals surface area contributed by atoms with Crippen molar-refractivity contribution < 1.29 is 4.79 Å². The van der Waals surface area contributed by atoms with Crippen molar-refractivity contribution in [2.24, 2.45) is 5.73 Å². The minimum absolute atomic E-state index is 0.0376. The van der Waals surface area contributed by atoms with E-state index < -0.39 is 0 Å². The number of hydrogen-bond acceptors (Lipinski definition) is 2. The van der Waals surface area contributed by atoms with E-state index in [2.05, 4.69) is 5.32 Å². The van der Waals surface area contributed by atoms with Gasteiger partial charge in [0.2, 0.25) is 0 Å². The molecule has 75 valence electrons. The second-order valence-corrected chi connectivity index (χ2v) is 3.00. The Kier molecular flexibility index (Phi) is 8.30. The number of hydrogen-bond donors (Lipinski definition) is 3. The Bertz CT molecular complexity index is 148. The molecule has 0 rings (SSSR count). The normalized spacial score (nSPS) is 9.54. The lowest BCUT2D eigenvalue weighted by molar-refractivity contribution is 0.542. The lowest BCUT2D eigenvalue weighted by atomic mass is 10.1. The Labute approximate surface area is 79.4 Å². The van der Waals surface area contributed by atoms with Gasteiger partial charge in [-0.3, -0.25) is 10.2 Å². The van der Waals surface area contributed by atoms with Crippen LogP contribution in [0.5, 0.6) is 0 Å². The third-order valence-electron chi connectivity index (χ3n) is 1.77. The van der Waals surface area contributed by atoms with Gasteiger partial charge >= 0.3 is 0 Å². The standard InChI is InChI=1S/C9H18N3O/c10-9(11)12-7-5-3-1-2-4-6-8-13/h1-7H2,(H4,10,11,12). The zero-order valence-electron chi connectivity index (χ0n) is 7.94. The topological polar surface area (TPSA) is 79.0 Å². The molecule has 1 radical (unpaired) electrons. The summed E-state index contributed by atoms with van der Waals surface area (Å²) in [5.74, 6) is 0.0376. The van der Waals surface area contributed by atoms with Crippen LogP contribution in [-0.2, 0) is 4.79 Å². The predicted molar refractivity (Wildman–Crippen MR) is 53.3 cm³/mol. The fourth-order valence-electron chi connectivity index (χ4n) is 1.08. The highest BCUT2D eigenvalue weighted by atomic mass is 16.1. The molecule has 0 fully saturated rings. The summed E-state index contributed by atoms with van der Waals surface area (Å²) in [5, 5.41) is 9.64. The van der Waals surface area contributed by atoms with E-state index in [1.54, 1.807) is 0 Å². The van der Waals surface area contributed by atoms with E-state index in [4.69, 9.17) is 11.1 Å². The van der Waals surface area contributed by atoms with Crippen molar-refractivity contribution in [3.8, 4) is 0 Å². The molecule has 0 aromatic carbocycles. The van der Waals surface area contributed by atoms with Gasteiger partial charge in [0.05, 0.1) is 0 Å². The summed E-state index contributed by atoms with van der Waals surface area (Å²) in [6, 6.07) is 0. The first kappa shape index (κ1) is 11.9. The van der Waals surface area contributed by atoms with Crippen LogP contribution in [0.4, 0.5) is 0 Å². The van der Waals surface area contributed by atoms with Crippen LogP contribution in [0.1, 0.15) is 38.5 Å². The number of rotatable bonds is 8. The average Bonchev–Trinajstić information content (AvgIpc) is 2.09. The average molecular weight is 184 g/mol. The Morgan fingerprint density at radius 2 is 1.85 bits per heavy atom. The number of guanidine groups is 1. The molecule has 0 aliphatic carbocycles. The van der Waals surface area contributed by atoms with Crippen LogP contribution >= 0.6 is 0 Å². The molecule has 0 aromatic heterocycles. The largest absolute Gasteiger partial charge is 0.370 e. The minimum atomic E-state index is 0.0376. The molecule has 0 aliphatic heterocycles. The van der Waals surface area contributed by atoms with E-state index in [0.29, 0.717) is 6.42 Å². The third-order valence-corrected chi connectivity index (χ3v) is 1.77. The molecule has 4 nitrogen and oxygen atoms in total. The number of nitrogens with two attached hydrogens (primary N) is 1. The fourth-order valence-corrected chi connectivity index (χ4v) is 1.08. The van der Waals surface area contributed by atoms with Gasteiger partial charge in [-0.1, -0.05) is 19.3 Å². The number of carbonyl (C=O) groups excluding carboxylic acids is 1. The molecule has 0 aliphatic rings. The summed E-state index contributed by atoms with van der Waals surface area (Å²) < 4.78 is 0. The quantitative estimate of drug-likeness (QED) is 0.298. The predicted octanol–water partition coefficient (Wildman–Crippen LogP) is 0.920. The summed E-state index contributed by atoms with van der Waals surface area (Å²) >= 11 is 0. The molecular weight excluding hydrogens is 166 g/mol. The van der Waals surface area contributed by atoms with Gasteiger partial charge in [-0.25, -0.2) is 0 Å². The SMILES string of the molecule is N=C(N)NCCCCCCC[C]=O. The third kappa shape index (κ3) is 10.9. The zero-order valence-corrected chi connectivity index (χ0v) is 7.94. The lowest BCUT2D eigenvalue weighted by Crippen LogP contribution is -2.30. The molecule has 0 atom stereocenters. The molecule has 0 bridgehead atoms. The van der Waals surface area contributed by atoms with Crippen molar-refractivity contribution in [2.45, 2.75) is 38.5 Å². The highest BCUT2D eigenvalue weighted by Gasteiger charge is 1.91. The van der Waals surface area contributed by atoms with E-state index in [1.165, 1.54) is 0 Å². The maximum Gasteiger partial charge on any atom is 0.198 e. The summed E-state index contributed by atoms with van der Waals surface area (Å²) in [4.78, 5) is 9.84. The van der Waals surface area contributed by atoms with Gasteiger partial charge in [0, 0.05) is 13.0 Å². The number of nitrogens with one attached hydrogen (secondary N) is 2. The van der Waals surface area contributed by atoms with Crippen molar-refractivity contribution in [2.75, 3.05) is 6.54 Å². The first-order valence-electron chi connectivity index (χ1n) is 4.70. The molecule has 13 heavy (non-hydrogen) atoms. The molecular formula is C9H18N3O. The van der Waals surface area contributed by atoms with Crippen LogP contribution in [0.2, 0.25) is 0 Å². The van der Waals surface area contributed by atoms with Crippen LogP contribution in [0, 0.1) is 5.41 Å². The molecule has 0 amide bonds. The Hall–Kier alpha value is -1.06. The van der Waals surface area contributed by atoms with Crippen LogP contribution in [0.25, 0.3) is 0 Å². The van der Waals surface area contributed by atoms with Crippen LogP contribution in [-0.4, -0.2) is 18.8 Å². The van der Waals surface area contributed by atoms with Gasteiger partial charge in [-0.2, -0.15) is 0 Å². The van der Waals surface area contributed by atoms with E-state index in [0.717, 1.165) is 38.6 Å². The lowest BCUT2D eigenvalue weighted by Gasteiger charge is -2.02. The van der Waals surface area contributed by atoms with Crippen molar-refractivity contribution in [3.05, 3.63) is 0 Å². The van der Waals surface area contributed by atoms with Crippen molar-refractivity contribution in [1.29, 1.82) is 5.41 Å². The first-order valence-corrected chi connectivity index (χ1v) is 4.70. The van der Waals surface area contributed by atoms with Gasteiger partial charge in [0.1, 0.15) is 0 Å². The van der Waals surface area contributed by atoms with Crippen LogP contribution in [0.15, 0.2) is 0 Å². The monoisotopic (exact) mass is 184 g/mol. The highest BCUT2D eigenvalue weighted by Crippen LogP contribution is 2.03. The van der Waals surface area contributed by atoms with Crippen LogP contribution in [0.3, 0.4) is 0 Å². The smallest absolute Gasteiger partial charge is 0.198 e. The molecule has 0 aromatic rings. The Balaban J connectivity index is 2.91. The summed E-state index contributed by atoms with van der Waals surface area (Å²) in [7, 11) is 0. The highest BCUT2D eigenvalue weighted by molar-refractivity contribution is 5.74. The maximum absolute atomic E-state index is 9.84. The molecule has 0 heterocycles. The van der Waals surface area contributed by atoms with Crippen molar-refractivity contribution in [3.63, 3.8) is 0 Å². The van der Waals surface area contributed by atoms with Gasteiger partial charge in [0.25, 0.3) is 0 Å². The van der Waals surface area contributed by atoms with Crippen molar-refractivity contribution in [1.82, 2.24) is 5.32 Å². The second-order valence-electron chi connectivity index (χ2n) is 3.00. The maximum atomic E-state index is 9.84. The molecule has 0 spiro atoms. The van der Waals surface area contributed by atoms with E-state index in [1.807, 2.05) is 6.29 Å². The summed E-state index contributed by atoms with van der Waals surface area (Å²) in [6.45, 7) is 0.773.